The van der Waals surface area contributed by atoms with Gasteiger partial charge in [-0.05, 0) is 12.8 Å². The number of hydrogen-bond acceptors (Lipinski definition) is 2. The van der Waals surface area contributed by atoms with Gasteiger partial charge in [-0.15, -0.1) is 0 Å². The monoisotopic (exact) mass is 378 g/mol. The summed E-state index contributed by atoms with van der Waals surface area (Å²) in [5.41, 5.74) is 0. The molecule has 0 spiro atoms. The first-order chi connectivity index (χ1) is 13.2. The fourth-order valence-electron chi connectivity index (χ4n) is 3.41. The van der Waals surface area contributed by atoms with E-state index in [0.29, 0.717) is 6.42 Å². The average molecular weight is 379 g/mol. The molecule has 0 aliphatic heterocycles. The van der Waals surface area contributed by atoms with Crippen molar-refractivity contribution in [3.8, 4) is 0 Å². The van der Waals surface area contributed by atoms with Crippen LogP contribution >= 0.6 is 0 Å². The Morgan fingerprint density at radius 3 is 1.81 bits per heavy atom. The molecule has 2 heteroatoms. The van der Waals surface area contributed by atoms with Crippen molar-refractivity contribution in [1.29, 1.82) is 0 Å². The molecule has 0 aliphatic rings. The molecule has 0 radical (unpaired) electrons. The van der Waals surface area contributed by atoms with Crippen molar-refractivity contribution in [1.82, 2.24) is 0 Å². The molecule has 1 atom stereocenters. The molecule has 27 heavy (non-hydrogen) atoms. The summed E-state index contributed by atoms with van der Waals surface area (Å²) in [6, 6.07) is 0. The van der Waals surface area contributed by atoms with Gasteiger partial charge in [-0.1, -0.05) is 122 Å². The van der Waals surface area contributed by atoms with Crippen molar-refractivity contribution in [3.63, 3.8) is 0 Å². The number of carbonyl (C=O) groups excluding carboxylic acids is 1. The Bertz CT molecular complexity index is 359. The normalized spacial score (nSPS) is 12.4. The third-order valence-electron chi connectivity index (χ3n) is 5.06. The van der Waals surface area contributed by atoms with Gasteiger partial charge in [-0.2, -0.15) is 0 Å². The molecule has 0 heterocycles. The van der Waals surface area contributed by atoms with Crippen molar-refractivity contribution < 1.29 is 9.53 Å². The predicted octanol–water partition coefficient (Wildman–Crippen LogP) is 8.31. The van der Waals surface area contributed by atoms with Crippen LogP contribution in [0.15, 0.2) is 24.8 Å². The SMILES string of the molecule is C=CC=CCC(CCC)OC(=O)CCCCCCCCCCCCCCC. The lowest BCUT2D eigenvalue weighted by Gasteiger charge is -2.15. The number of allylic oxidation sites excluding steroid dienone is 2. The van der Waals surface area contributed by atoms with Gasteiger partial charge in [-0.25, -0.2) is 0 Å². The third-order valence-corrected chi connectivity index (χ3v) is 5.06. The zero-order valence-electron chi connectivity index (χ0n) is 18.4. The van der Waals surface area contributed by atoms with Crippen LogP contribution in [0.4, 0.5) is 0 Å². The molecular weight excluding hydrogens is 332 g/mol. The second kappa shape index (κ2) is 21.3. The van der Waals surface area contributed by atoms with Gasteiger partial charge in [0, 0.05) is 12.8 Å². The zero-order valence-corrected chi connectivity index (χ0v) is 18.4. The second-order valence-electron chi connectivity index (χ2n) is 7.79. The number of rotatable bonds is 20. The van der Waals surface area contributed by atoms with Crippen LogP contribution in [0.1, 0.15) is 123 Å². The van der Waals surface area contributed by atoms with Crippen molar-refractivity contribution in [2.75, 3.05) is 0 Å². The molecule has 0 bridgehead atoms. The Labute approximate surface area is 169 Å². The van der Waals surface area contributed by atoms with Crippen LogP contribution in [-0.2, 0) is 9.53 Å². The van der Waals surface area contributed by atoms with Crippen molar-refractivity contribution in [3.05, 3.63) is 24.8 Å². The summed E-state index contributed by atoms with van der Waals surface area (Å²) in [6.07, 6.45) is 26.3. The van der Waals surface area contributed by atoms with Gasteiger partial charge < -0.3 is 4.74 Å². The molecule has 0 aromatic carbocycles. The molecule has 0 saturated heterocycles. The molecule has 0 fully saturated rings. The maximum atomic E-state index is 12.0. The Hall–Kier alpha value is -1.05. The van der Waals surface area contributed by atoms with E-state index in [2.05, 4.69) is 20.4 Å². The van der Waals surface area contributed by atoms with E-state index in [9.17, 15) is 4.79 Å². The zero-order chi connectivity index (χ0) is 20.0. The minimum absolute atomic E-state index is 0.0245. The van der Waals surface area contributed by atoms with E-state index in [1.54, 1.807) is 6.08 Å². The lowest BCUT2D eigenvalue weighted by atomic mass is 10.0. The number of esters is 1. The molecule has 0 rings (SSSR count). The topological polar surface area (TPSA) is 26.3 Å². The molecule has 0 saturated carbocycles. The molecule has 0 amide bonds. The maximum absolute atomic E-state index is 12.0. The van der Waals surface area contributed by atoms with Gasteiger partial charge in [-0.3, -0.25) is 4.79 Å². The van der Waals surface area contributed by atoms with Gasteiger partial charge in [0.25, 0.3) is 0 Å². The molecule has 0 aliphatic carbocycles. The molecule has 2 nitrogen and oxygen atoms in total. The number of unbranched alkanes of at least 4 members (excludes halogenated alkanes) is 12. The minimum atomic E-state index is -0.0245. The number of hydrogen-bond donors (Lipinski definition) is 0. The largest absolute Gasteiger partial charge is 0.462 e. The highest BCUT2D eigenvalue weighted by Crippen LogP contribution is 2.14. The fraction of sp³-hybridized carbons (Fsp3) is 0.800. The van der Waals surface area contributed by atoms with Gasteiger partial charge in [0.15, 0.2) is 0 Å². The fourth-order valence-corrected chi connectivity index (χ4v) is 3.41. The van der Waals surface area contributed by atoms with Crippen LogP contribution in [0.5, 0.6) is 0 Å². The van der Waals surface area contributed by atoms with Crippen LogP contribution in [-0.4, -0.2) is 12.1 Å². The summed E-state index contributed by atoms with van der Waals surface area (Å²) in [6.45, 7) is 8.07. The summed E-state index contributed by atoms with van der Waals surface area (Å²) in [5, 5.41) is 0. The first-order valence-electron chi connectivity index (χ1n) is 11.7. The van der Waals surface area contributed by atoms with Crippen molar-refractivity contribution >= 4 is 5.97 Å². The van der Waals surface area contributed by atoms with Gasteiger partial charge >= 0.3 is 5.97 Å². The Balaban J connectivity index is 3.48. The molecule has 0 N–H and O–H groups in total. The van der Waals surface area contributed by atoms with E-state index >= 15 is 0 Å². The number of carbonyl (C=O) groups is 1. The van der Waals surface area contributed by atoms with Crippen LogP contribution in [0.2, 0.25) is 0 Å². The quantitative estimate of drug-likeness (QED) is 0.121. The van der Waals surface area contributed by atoms with E-state index in [1.165, 1.54) is 70.6 Å². The number of ether oxygens (including phenoxy) is 1. The molecular formula is C25H46O2. The highest BCUT2D eigenvalue weighted by Gasteiger charge is 2.11. The van der Waals surface area contributed by atoms with Crippen LogP contribution in [0.25, 0.3) is 0 Å². The Morgan fingerprint density at radius 1 is 0.815 bits per heavy atom. The van der Waals surface area contributed by atoms with E-state index in [0.717, 1.165) is 32.1 Å². The Kier molecular flexibility index (Phi) is 20.4. The molecule has 0 aromatic rings. The summed E-state index contributed by atoms with van der Waals surface area (Å²) in [4.78, 5) is 12.0. The Morgan fingerprint density at radius 2 is 1.33 bits per heavy atom. The van der Waals surface area contributed by atoms with Crippen molar-refractivity contribution in [2.45, 2.75) is 129 Å². The maximum Gasteiger partial charge on any atom is 0.306 e. The molecule has 158 valence electrons. The van der Waals surface area contributed by atoms with Gasteiger partial charge in [0.1, 0.15) is 6.10 Å². The lowest BCUT2D eigenvalue weighted by Crippen LogP contribution is -2.17. The first kappa shape index (κ1) is 26.0. The van der Waals surface area contributed by atoms with E-state index in [4.69, 9.17) is 4.74 Å². The van der Waals surface area contributed by atoms with E-state index in [1.807, 2.05) is 12.2 Å². The summed E-state index contributed by atoms with van der Waals surface area (Å²) in [7, 11) is 0. The standard InChI is InChI=1S/C25H46O2/c1-4-7-9-10-11-12-13-14-15-16-17-18-20-23-25(26)27-24(21-6-3)22-19-8-5-2/h5,8,19,24H,2,4,6-7,9-18,20-23H2,1,3H3. The van der Waals surface area contributed by atoms with Crippen molar-refractivity contribution in [2.24, 2.45) is 0 Å². The minimum Gasteiger partial charge on any atom is -0.462 e. The van der Waals surface area contributed by atoms with E-state index < -0.39 is 0 Å². The predicted molar refractivity (Wildman–Crippen MR) is 119 cm³/mol. The molecule has 0 aromatic heterocycles. The third kappa shape index (κ3) is 19.5. The average Bonchev–Trinajstić information content (AvgIpc) is 2.66. The lowest BCUT2D eigenvalue weighted by molar-refractivity contribution is -0.149. The van der Waals surface area contributed by atoms with Crippen LogP contribution in [0.3, 0.4) is 0 Å². The summed E-state index contributed by atoms with van der Waals surface area (Å²) < 4.78 is 5.62. The van der Waals surface area contributed by atoms with E-state index in [-0.39, 0.29) is 12.1 Å². The van der Waals surface area contributed by atoms with Gasteiger partial charge in [0.05, 0.1) is 0 Å². The smallest absolute Gasteiger partial charge is 0.306 e. The van der Waals surface area contributed by atoms with Crippen LogP contribution in [0, 0.1) is 0 Å². The second-order valence-corrected chi connectivity index (χ2v) is 7.79. The summed E-state index contributed by atoms with van der Waals surface area (Å²) in [5.74, 6) is -0.0245. The highest BCUT2D eigenvalue weighted by atomic mass is 16.5. The van der Waals surface area contributed by atoms with Gasteiger partial charge in [0.2, 0.25) is 0 Å². The summed E-state index contributed by atoms with van der Waals surface area (Å²) >= 11 is 0. The molecule has 1 unspecified atom stereocenters. The first-order valence-corrected chi connectivity index (χ1v) is 11.7. The van der Waals surface area contributed by atoms with Crippen LogP contribution < -0.4 is 0 Å². The highest BCUT2D eigenvalue weighted by molar-refractivity contribution is 5.69.